The van der Waals surface area contributed by atoms with E-state index in [9.17, 15) is 9.59 Å². The Balaban J connectivity index is 1.69. The van der Waals surface area contributed by atoms with Gasteiger partial charge in [0, 0.05) is 16.3 Å². The van der Waals surface area contributed by atoms with Crippen LogP contribution >= 0.6 is 23.1 Å². The Hall–Kier alpha value is -1.86. The number of esters is 1. The van der Waals surface area contributed by atoms with Gasteiger partial charge in [0.25, 0.3) is 0 Å². The second-order valence-corrected chi connectivity index (χ2v) is 8.52. The summed E-state index contributed by atoms with van der Waals surface area (Å²) in [5.41, 5.74) is 0.312. The van der Waals surface area contributed by atoms with Crippen LogP contribution in [0.2, 0.25) is 0 Å². The Morgan fingerprint density at radius 2 is 1.96 bits per heavy atom. The monoisotopic (exact) mass is 404 g/mol. The molecule has 3 rings (SSSR count). The SMILES string of the molecule is COC(=O)c1csc(CN(C(=O)CSc2ccccc2)C2CCCCC2)n1. The van der Waals surface area contributed by atoms with E-state index in [1.807, 2.05) is 35.2 Å². The van der Waals surface area contributed by atoms with Gasteiger partial charge in [-0.25, -0.2) is 9.78 Å². The molecule has 5 nitrogen and oxygen atoms in total. The summed E-state index contributed by atoms with van der Waals surface area (Å²) in [5.74, 6) is 0.105. The molecule has 1 aliphatic carbocycles. The molecular weight excluding hydrogens is 380 g/mol. The fourth-order valence-electron chi connectivity index (χ4n) is 3.29. The quantitative estimate of drug-likeness (QED) is 0.506. The van der Waals surface area contributed by atoms with Gasteiger partial charge in [0.1, 0.15) is 5.01 Å². The first kappa shape index (κ1) is 19.9. The lowest BCUT2D eigenvalue weighted by Crippen LogP contribution is -2.41. The van der Waals surface area contributed by atoms with Crippen molar-refractivity contribution >= 4 is 35.0 Å². The highest BCUT2D eigenvalue weighted by Crippen LogP contribution is 2.27. The minimum Gasteiger partial charge on any atom is -0.464 e. The summed E-state index contributed by atoms with van der Waals surface area (Å²) < 4.78 is 4.73. The normalized spacial score (nSPS) is 14.7. The first-order valence-electron chi connectivity index (χ1n) is 9.17. The Morgan fingerprint density at radius 1 is 1.22 bits per heavy atom. The molecule has 1 fully saturated rings. The summed E-state index contributed by atoms with van der Waals surface area (Å²) in [6, 6.07) is 10.2. The second-order valence-electron chi connectivity index (χ2n) is 6.53. The molecule has 0 aliphatic heterocycles. The highest BCUT2D eigenvalue weighted by Gasteiger charge is 2.26. The van der Waals surface area contributed by atoms with Gasteiger partial charge < -0.3 is 9.64 Å². The highest BCUT2D eigenvalue weighted by atomic mass is 32.2. The average molecular weight is 405 g/mol. The van der Waals surface area contributed by atoms with Crippen molar-refractivity contribution < 1.29 is 14.3 Å². The topological polar surface area (TPSA) is 59.5 Å². The lowest BCUT2D eigenvalue weighted by atomic mass is 9.94. The third-order valence-corrected chi connectivity index (χ3v) is 6.52. The van der Waals surface area contributed by atoms with E-state index < -0.39 is 5.97 Å². The van der Waals surface area contributed by atoms with Gasteiger partial charge in [-0.3, -0.25) is 4.79 Å². The van der Waals surface area contributed by atoms with Crippen molar-refractivity contribution in [2.24, 2.45) is 0 Å². The minimum atomic E-state index is -0.437. The first-order chi connectivity index (χ1) is 13.2. The average Bonchev–Trinajstić information content (AvgIpc) is 3.20. The van der Waals surface area contributed by atoms with E-state index in [4.69, 9.17) is 4.74 Å². The molecule has 0 saturated heterocycles. The van der Waals surface area contributed by atoms with Crippen molar-refractivity contribution in [2.75, 3.05) is 12.9 Å². The Labute approximate surface area is 168 Å². The molecule has 144 valence electrons. The van der Waals surface area contributed by atoms with Gasteiger partial charge in [-0.05, 0) is 25.0 Å². The molecule has 0 radical (unpaired) electrons. The number of ether oxygens (including phenoxy) is 1. The minimum absolute atomic E-state index is 0.130. The number of hydrogen-bond donors (Lipinski definition) is 0. The molecule has 1 aliphatic rings. The molecule has 1 saturated carbocycles. The molecule has 27 heavy (non-hydrogen) atoms. The van der Waals surface area contributed by atoms with E-state index >= 15 is 0 Å². The molecule has 1 heterocycles. The van der Waals surface area contributed by atoms with Crippen molar-refractivity contribution in [1.29, 1.82) is 0 Å². The van der Waals surface area contributed by atoms with Crippen LogP contribution in [0.3, 0.4) is 0 Å². The summed E-state index contributed by atoms with van der Waals surface area (Å²) in [4.78, 5) is 32.1. The van der Waals surface area contributed by atoms with Crippen LogP contribution in [0.1, 0.15) is 47.6 Å². The van der Waals surface area contributed by atoms with Crippen LogP contribution in [0.25, 0.3) is 0 Å². The van der Waals surface area contributed by atoms with Crippen molar-refractivity contribution in [1.82, 2.24) is 9.88 Å². The van der Waals surface area contributed by atoms with Gasteiger partial charge in [0.15, 0.2) is 5.69 Å². The molecular formula is C20H24N2O3S2. The summed E-state index contributed by atoms with van der Waals surface area (Å²) in [5, 5.41) is 2.47. The largest absolute Gasteiger partial charge is 0.464 e. The van der Waals surface area contributed by atoms with E-state index in [1.54, 1.807) is 17.1 Å². The molecule has 1 aromatic carbocycles. The van der Waals surface area contributed by atoms with E-state index in [2.05, 4.69) is 4.98 Å². The van der Waals surface area contributed by atoms with Gasteiger partial charge in [-0.1, -0.05) is 37.5 Å². The van der Waals surface area contributed by atoms with Crippen LogP contribution in [0, 0.1) is 0 Å². The zero-order valence-corrected chi connectivity index (χ0v) is 17.1. The van der Waals surface area contributed by atoms with Crippen LogP contribution < -0.4 is 0 Å². The maximum atomic E-state index is 13.0. The number of thiazole rings is 1. The molecule has 1 aromatic heterocycles. The lowest BCUT2D eigenvalue weighted by Gasteiger charge is -2.34. The maximum Gasteiger partial charge on any atom is 0.357 e. The van der Waals surface area contributed by atoms with Crippen LogP contribution in [0.5, 0.6) is 0 Å². The number of hydrogen-bond acceptors (Lipinski definition) is 6. The molecule has 0 atom stereocenters. The number of thioether (sulfide) groups is 1. The summed E-state index contributed by atoms with van der Waals surface area (Å²) in [7, 11) is 1.35. The van der Waals surface area contributed by atoms with E-state index in [-0.39, 0.29) is 11.9 Å². The standard InChI is InChI=1S/C20H24N2O3S2/c1-25-20(24)17-13-27-18(21-17)12-22(15-8-4-2-5-9-15)19(23)14-26-16-10-6-3-7-11-16/h3,6-7,10-11,13,15H,2,4-5,8-9,12,14H2,1H3. The van der Waals surface area contributed by atoms with Crippen molar-refractivity contribution in [3.63, 3.8) is 0 Å². The zero-order chi connectivity index (χ0) is 19.1. The Kier molecular flexibility index (Phi) is 7.29. The second kappa shape index (κ2) is 9.90. The molecule has 0 unspecified atom stereocenters. The smallest absolute Gasteiger partial charge is 0.357 e. The molecule has 0 bridgehead atoms. The molecule has 0 N–H and O–H groups in total. The Morgan fingerprint density at radius 3 is 2.67 bits per heavy atom. The van der Waals surface area contributed by atoms with Crippen LogP contribution in [-0.2, 0) is 16.1 Å². The van der Waals surface area contributed by atoms with E-state index in [0.29, 0.717) is 18.0 Å². The predicted molar refractivity (Wildman–Crippen MR) is 108 cm³/mol. The number of aromatic nitrogens is 1. The van der Waals surface area contributed by atoms with Gasteiger partial charge in [-0.15, -0.1) is 23.1 Å². The number of nitrogens with zero attached hydrogens (tertiary/aromatic N) is 2. The third kappa shape index (κ3) is 5.56. The number of rotatable bonds is 7. The molecule has 7 heteroatoms. The van der Waals surface area contributed by atoms with Gasteiger partial charge in [0.2, 0.25) is 5.91 Å². The van der Waals surface area contributed by atoms with Crippen LogP contribution in [0.15, 0.2) is 40.6 Å². The van der Waals surface area contributed by atoms with E-state index in [0.717, 1.165) is 35.6 Å². The number of amides is 1. The number of methoxy groups -OCH3 is 1. The van der Waals surface area contributed by atoms with Gasteiger partial charge >= 0.3 is 5.97 Å². The molecule has 0 spiro atoms. The third-order valence-electron chi connectivity index (χ3n) is 4.69. The van der Waals surface area contributed by atoms with Crippen molar-refractivity contribution in [3.8, 4) is 0 Å². The highest BCUT2D eigenvalue weighted by molar-refractivity contribution is 8.00. The Bertz CT molecular complexity index is 758. The molecule has 1 amide bonds. The van der Waals surface area contributed by atoms with E-state index in [1.165, 1.54) is 24.9 Å². The maximum absolute atomic E-state index is 13.0. The predicted octanol–water partition coefficient (Wildman–Crippen LogP) is 4.38. The fourth-order valence-corrected chi connectivity index (χ4v) is 4.85. The summed E-state index contributed by atoms with van der Waals surface area (Å²) >= 11 is 2.97. The first-order valence-corrected chi connectivity index (χ1v) is 11.0. The van der Waals surface area contributed by atoms with Crippen molar-refractivity contribution in [3.05, 3.63) is 46.4 Å². The van der Waals surface area contributed by atoms with Crippen molar-refractivity contribution in [2.45, 2.75) is 49.6 Å². The lowest BCUT2D eigenvalue weighted by molar-refractivity contribution is -0.132. The van der Waals surface area contributed by atoms with Gasteiger partial charge in [0.05, 0.1) is 19.4 Å². The number of carbonyl (C=O) groups excluding carboxylic acids is 2. The number of benzene rings is 1. The molecule has 2 aromatic rings. The van der Waals surface area contributed by atoms with Crippen LogP contribution in [0.4, 0.5) is 0 Å². The zero-order valence-electron chi connectivity index (χ0n) is 15.4. The number of carbonyl (C=O) groups is 2. The summed E-state index contributed by atoms with van der Waals surface area (Å²) in [6.45, 7) is 0.459. The van der Waals surface area contributed by atoms with Crippen LogP contribution in [-0.4, -0.2) is 40.7 Å². The van der Waals surface area contributed by atoms with Gasteiger partial charge in [-0.2, -0.15) is 0 Å². The fraction of sp³-hybridized carbons (Fsp3) is 0.450. The summed E-state index contributed by atoms with van der Waals surface area (Å²) in [6.07, 6.45) is 5.63.